The zero-order valence-electron chi connectivity index (χ0n) is 10.1. The molecule has 0 aliphatic carbocycles. The van der Waals surface area contributed by atoms with Crippen LogP contribution in [0.5, 0.6) is 0 Å². The first-order valence-corrected chi connectivity index (χ1v) is 6.47. The van der Waals surface area contributed by atoms with Crippen molar-refractivity contribution in [2.24, 2.45) is 5.73 Å². The number of hydrogen-bond donors (Lipinski definition) is 1. The number of nitrogens with zero attached hydrogens (tertiary/aromatic N) is 1. The second-order valence-electron chi connectivity index (χ2n) is 4.85. The molecule has 2 N–H and O–H groups in total. The molecule has 1 aliphatic rings. The van der Waals surface area contributed by atoms with E-state index in [9.17, 15) is 8.78 Å². The molecule has 1 aromatic carbocycles. The molecule has 100 valence electrons. The van der Waals surface area contributed by atoms with Gasteiger partial charge in [0.2, 0.25) is 0 Å². The Labute approximate surface area is 111 Å². The first kappa shape index (κ1) is 13.6. The van der Waals surface area contributed by atoms with Gasteiger partial charge in [-0.2, -0.15) is 0 Å². The van der Waals surface area contributed by atoms with Gasteiger partial charge in [0.25, 0.3) is 6.43 Å². The van der Waals surface area contributed by atoms with Crippen LogP contribution in [0.4, 0.5) is 14.5 Å². The smallest absolute Gasteiger partial charge is 0.256 e. The van der Waals surface area contributed by atoms with Crippen LogP contribution >= 0.6 is 11.6 Å². The molecular weight excluding hydrogens is 258 g/mol. The van der Waals surface area contributed by atoms with Crippen molar-refractivity contribution < 1.29 is 8.78 Å². The summed E-state index contributed by atoms with van der Waals surface area (Å²) in [6.45, 7) is 1.28. The van der Waals surface area contributed by atoms with Gasteiger partial charge in [-0.05, 0) is 37.5 Å². The number of hydrogen-bond acceptors (Lipinski definition) is 2. The summed E-state index contributed by atoms with van der Waals surface area (Å²) in [5.41, 5.74) is 5.40. The lowest BCUT2D eigenvalue weighted by Gasteiger charge is -2.27. The van der Waals surface area contributed by atoms with Crippen LogP contribution < -0.4 is 10.6 Å². The van der Waals surface area contributed by atoms with Crippen molar-refractivity contribution in [3.05, 3.63) is 29.3 Å². The molecule has 0 radical (unpaired) electrons. The molecule has 1 aliphatic heterocycles. The fourth-order valence-corrected chi connectivity index (χ4v) is 2.51. The maximum atomic E-state index is 12.9. The highest BCUT2D eigenvalue weighted by atomic mass is 35.5. The van der Waals surface area contributed by atoms with E-state index in [1.54, 1.807) is 6.07 Å². The topological polar surface area (TPSA) is 29.3 Å². The predicted molar refractivity (Wildman–Crippen MR) is 70.4 cm³/mol. The van der Waals surface area contributed by atoms with E-state index < -0.39 is 12.0 Å². The number of rotatable bonds is 2. The Morgan fingerprint density at radius 3 is 2.72 bits per heavy atom. The molecule has 18 heavy (non-hydrogen) atoms. The lowest BCUT2D eigenvalue weighted by atomic mass is 9.92. The average Bonchev–Trinajstić information content (AvgIpc) is 2.52. The highest BCUT2D eigenvalue weighted by molar-refractivity contribution is 6.30. The fourth-order valence-electron chi connectivity index (χ4n) is 2.33. The summed E-state index contributed by atoms with van der Waals surface area (Å²) in [4.78, 5) is 2.07. The van der Waals surface area contributed by atoms with E-state index in [0.29, 0.717) is 30.8 Å². The third kappa shape index (κ3) is 2.93. The number of alkyl halides is 2. The van der Waals surface area contributed by atoms with Crippen LogP contribution in [0.15, 0.2) is 24.3 Å². The average molecular weight is 275 g/mol. The second kappa shape index (κ2) is 5.41. The number of nitrogens with two attached hydrogens (primary N) is 1. The summed E-state index contributed by atoms with van der Waals surface area (Å²) in [5.74, 6) is 0. The summed E-state index contributed by atoms with van der Waals surface area (Å²) in [6, 6.07) is 7.46. The Kier molecular flexibility index (Phi) is 4.07. The van der Waals surface area contributed by atoms with E-state index >= 15 is 0 Å². The van der Waals surface area contributed by atoms with Gasteiger partial charge in [0.05, 0.1) is 5.54 Å². The lowest BCUT2D eigenvalue weighted by Crippen LogP contribution is -2.47. The third-order valence-corrected chi connectivity index (χ3v) is 3.76. The Hall–Kier alpha value is -0.870. The third-order valence-electron chi connectivity index (χ3n) is 3.53. The lowest BCUT2D eigenvalue weighted by molar-refractivity contribution is 0.0466. The minimum atomic E-state index is -2.46. The van der Waals surface area contributed by atoms with Crippen LogP contribution in [0.2, 0.25) is 5.02 Å². The minimum absolute atomic E-state index is 0.303. The molecule has 0 aromatic heterocycles. The predicted octanol–water partition coefficient (Wildman–Crippen LogP) is 3.29. The van der Waals surface area contributed by atoms with Crippen molar-refractivity contribution in [2.75, 3.05) is 18.0 Å². The zero-order valence-corrected chi connectivity index (χ0v) is 10.8. The Morgan fingerprint density at radius 2 is 2.06 bits per heavy atom. The first-order chi connectivity index (χ1) is 8.51. The highest BCUT2D eigenvalue weighted by Crippen LogP contribution is 2.29. The van der Waals surface area contributed by atoms with E-state index in [0.717, 1.165) is 12.2 Å². The molecule has 1 heterocycles. The molecule has 1 aromatic rings. The van der Waals surface area contributed by atoms with Crippen LogP contribution in [-0.2, 0) is 0 Å². The summed E-state index contributed by atoms with van der Waals surface area (Å²) in [7, 11) is 0. The molecule has 2 nitrogen and oxygen atoms in total. The first-order valence-electron chi connectivity index (χ1n) is 6.09. The Bertz CT molecular complexity index is 414. The van der Waals surface area contributed by atoms with Crippen molar-refractivity contribution in [1.82, 2.24) is 0 Å². The number of benzene rings is 1. The van der Waals surface area contributed by atoms with Gasteiger partial charge < -0.3 is 10.6 Å². The SMILES string of the molecule is NC1(C(F)F)CCCN(c2cccc(Cl)c2)CC1. The molecule has 1 fully saturated rings. The summed E-state index contributed by atoms with van der Waals surface area (Å²) in [6.07, 6.45) is -1.12. The number of halogens is 3. The molecule has 1 atom stereocenters. The maximum absolute atomic E-state index is 12.9. The van der Waals surface area contributed by atoms with Crippen LogP contribution in [0, 0.1) is 0 Å². The van der Waals surface area contributed by atoms with Crippen molar-refractivity contribution in [2.45, 2.75) is 31.2 Å². The van der Waals surface area contributed by atoms with Crippen LogP contribution in [0.3, 0.4) is 0 Å². The molecule has 0 spiro atoms. The van der Waals surface area contributed by atoms with Gasteiger partial charge in [0.1, 0.15) is 0 Å². The monoisotopic (exact) mass is 274 g/mol. The standard InChI is InChI=1S/C13H17ClF2N2/c14-10-3-1-4-11(9-10)18-7-2-5-13(17,6-8-18)12(15)16/h1,3-4,9,12H,2,5-8,17H2. The van der Waals surface area contributed by atoms with Gasteiger partial charge in [-0.25, -0.2) is 8.78 Å². The van der Waals surface area contributed by atoms with E-state index in [-0.39, 0.29) is 0 Å². The second-order valence-corrected chi connectivity index (χ2v) is 5.29. The zero-order chi connectivity index (χ0) is 13.2. The molecular formula is C13H17ClF2N2. The van der Waals surface area contributed by atoms with Crippen LogP contribution in [0.1, 0.15) is 19.3 Å². The Balaban J connectivity index is 2.10. The highest BCUT2D eigenvalue weighted by Gasteiger charge is 2.37. The summed E-state index contributed by atoms with van der Waals surface area (Å²) < 4.78 is 25.8. The normalized spacial score (nSPS) is 25.3. The van der Waals surface area contributed by atoms with Crippen LogP contribution in [-0.4, -0.2) is 25.1 Å². The molecule has 2 rings (SSSR count). The quantitative estimate of drug-likeness (QED) is 0.897. The van der Waals surface area contributed by atoms with E-state index in [4.69, 9.17) is 17.3 Å². The van der Waals surface area contributed by atoms with Gasteiger partial charge in [-0.1, -0.05) is 17.7 Å². The summed E-state index contributed by atoms with van der Waals surface area (Å²) >= 11 is 5.94. The van der Waals surface area contributed by atoms with Gasteiger partial charge in [-0.15, -0.1) is 0 Å². The maximum Gasteiger partial charge on any atom is 0.256 e. The molecule has 1 saturated heterocycles. The van der Waals surface area contributed by atoms with E-state index in [2.05, 4.69) is 4.90 Å². The van der Waals surface area contributed by atoms with Gasteiger partial charge in [0.15, 0.2) is 0 Å². The van der Waals surface area contributed by atoms with E-state index in [1.165, 1.54) is 0 Å². The van der Waals surface area contributed by atoms with Crippen LogP contribution in [0.25, 0.3) is 0 Å². The van der Waals surface area contributed by atoms with Crippen molar-refractivity contribution >= 4 is 17.3 Å². The fraction of sp³-hybridized carbons (Fsp3) is 0.538. The largest absolute Gasteiger partial charge is 0.371 e. The minimum Gasteiger partial charge on any atom is -0.371 e. The van der Waals surface area contributed by atoms with Gasteiger partial charge >= 0.3 is 0 Å². The van der Waals surface area contributed by atoms with E-state index in [1.807, 2.05) is 18.2 Å². The Morgan fingerprint density at radius 1 is 1.28 bits per heavy atom. The summed E-state index contributed by atoms with van der Waals surface area (Å²) in [5, 5.41) is 0.657. The van der Waals surface area contributed by atoms with Gasteiger partial charge in [0, 0.05) is 23.8 Å². The number of anilines is 1. The van der Waals surface area contributed by atoms with Crippen molar-refractivity contribution in [1.29, 1.82) is 0 Å². The molecule has 0 amide bonds. The van der Waals surface area contributed by atoms with Crippen molar-refractivity contribution in [3.8, 4) is 0 Å². The molecule has 1 unspecified atom stereocenters. The van der Waals surface area contributed by atoms with Gasteiger partial charge in [-0.3, -0.25) is 0 Å². The molecule has 0 bridgehead atoms. The van der Waals surface area contributed by atoms with Crippen molar-refractivity contribution in [3.63, 3.8) is 0 Å². The molecule has 0 saturated carbocycles. The molecule has 5 heteroatoms.